The zero-order valence-electron chi connectivity index (χ0n) is 21.1. The van der Waals surface area contributed by atoms with E-state index in [1.807, 2.05) is 62.0 Å². The lowest BCUT2D eigenvalue weighted by Crippen LogP contribution is -2.36. The Labute approximate surface area is 204 Å². The number of carbonyl (C=O) groups excluding carboxylic acids is 1. The van der Waals surface area contributed by atoms with E-state index in [4.69, 9.17) is 14.2 Å². The largest absolute Gasteiger partial charge is 0.444 e. The van der Waals surface area contributed by atoms with Crippen molar-refractivity contribution in [3.05, 3.63) is 53.7 Å². The molecule has 1 atom stereocenters. The number of aromatic nitrogens is 4. The van der Waals surface area contributed by atoms with Gasteiger partial charge in [-0.3, -0.25) is 4.68 Å². The summed E-state index contributed by atoms with van der Waals surface area (Å²) in [6.07, 6.45) is 3.19. The predicted molar refractivity (Wildman–Crippen MR) is 134 cm³/mol. The van der Waals surface area contributed by atoms with Crippen molar-refractivity contribution in [3.8, 4) is 22.8 Å². The second kappa shape index (κ2) is 8.52. The third kappa shape index (κ3) is 4.29. The highest BCUT2D eigenvalue weighted by Gasteiger charge is 2.33. The van der Waals surface area contributed by atoms with E-state index in [1.54, 1.807) is 11.9 Å². The van der Waals surface area contributed by atoms with Crippen LogP contribution in [0, 0.1) is 0 Å². The van der Waals surface area contributed by atoms with E-state index in [0.717, 1.165) is 46.0 Å². The molecule has 1 amide bonds. The molecule has 0 N–H and O–H groups in total. The number of carbonyl (C=O) groups is 1. The van der Waals surface area contributed by atoms with Gasteiger partial charge in [-0.15, -0.1) is 0 Å². The van der Waals surface area contributed by atoms with Gasteiger partial charge in [0.1, 0.15) is 5.60 Å². The molecule has 35 heavy (non-hydrogen) atoms. The molecule has 182 valence electrons. The van der Waals surface area contributed by atoms with Crippen molar-refractivity contribution in [2.24, 2.45) is 0 Å². The van der Waals surface area contributed by atoms with Gasteiger partial charge in [0.2, 0.25) is 5.82 Å². The molecule has 0 saturated carbocycles. The smallest absolute Gasteiger partial charge is 0.410 e. The fraction of sp³-hybridized carbons (Fsp3) is 0.407. The van der Waals surface area contributed by atoms with E-state index in [0.29, 0.717) is 11.7 Å². The van der Waals surface area contributed by atoms with Gasteiger partial charge >= 0.3 is 6.09 Å². The summed E-state index contributed by atoms with van der Waals surface area (Å²) in [6.45, 7) is 9.85. The summed E-state index contributed by atoms with van der Waals surface area (Å²) < 4.78 is 13.2. The second-order valence-corrected chi connectivity index (χ2v) is 10.4. The second-order valence-electron chi connectivity index (χ2n) is 10.4. The summed E-state index contributed by atoms with van der Waals surface area (Å²) in [5.74, 6) is 1.02. The molecule has 2 aromatic carbocycles. The molecule has 0 aliphatic heterocycles. The number of hydrogen-bond acceptors (Lipinski definition) is 6. The van der Waals surface area contributed by atoms with Gasteiger partial charge in [0.25, 0.3) is 5.89 Å². The minimum absolute atomic E-state index is 0.0499. The van der Waals surface area contributed by atoms with Crippen molar-refractivity contribution in [2.45, 2.75) is 65.1 Å². The zero-order valence-corrected chi connectivity index (χ0v) is 21.1. The van der Waals surface area contributed by atoms with E-state index >= 15 is 0 Å². The minimum Gasteiger partial charge on any atom is -0.444 e. The molecule has 0 saturated heterocycles. The van der Waals surface area contributed by atoms with Gasteiger partial charge in [-0.05, 0) is 76.8 Å². The first kappa shape index (κ1) is 23.1. The van der Waals surface area contributed by atoms with Crippen LogP contribution in [0.1, 0.15) is 64.3 Å². The molecule has 0 radical (unpaired) electrons. The maximum atomic E-state index is 12.7. The van der Waals surface area contributed by atoms with Crippen LogP contribution >= 0.6 is 0 Å². The summed E-state index contributed by atoms with van der Waals surface area (Å²) in [5, 5.41) is 9.82. The maximum Gasteiger partial charge on any atom is 0.410 e. The van der Waals surface area contributed by atoms with E-state index in [9.17, 15) is 4.79 Å². The molecule has 0 bridgehead atoms. The Bertz CT molecular complexity index is 1400. The van der Waals surface area contributed by atoms with Crippen molar-refractivity contribution in [2.75, 3.05) is 7.05 Å². The van der Waals surface area contributed by atoms with Gasteiger partial charge in [0, 0.05) is 29.6 Å². The minimum atomic E-state index is -0.536. The van der Waals surface area contributed by atoms with Crippen LogP contribution in [0.2, 0.25) is 0 Å². The highest BCUT2D eigenvalue weighted by atomic mass is 16.6. The average Bonchev–Trinajstić information content (AvgIpc) is 3.54. The number of fused-ring (bicyclic) bond motifs is 2. The number of benzene rings is 2. The van der Waals surface area contributed by atoms with Gasteiger partial charge in [0.15, 0.2) is 0 Å². The highest BCUT2D eigenvalue weighted by Crippen LogP contribution is 2.40. The van der Waals surface area contributed by atoms with Crippen molar-refractivity contribution < 1.29 is 14.1 Å². The Morgan fingerprint density at radius 3 is 2.77 bits per heavy atom. The predicted octanol–water partition coefficient (Wildman–Crippen LogP) is 6.19. The number of nitrogens with zero attached hydrogens (tertiary/aromatic N) is 5. The number of amides is 1. The van der Waals surface area contributed by atoms with E-state index in [1.165, 1.54) is 0 Å². The first-order valence-electron chi connectivity index (χ1n) is 12.0. The molecule has 2 aromatic heterocycles. The van der Waals surface area contributed by atoms with Crippen LogP contribution in [0.5, 0.6) is 0 Å². The number of ether oxygens (including phenoxy) is 1. The third-order valence-electron chi connectivity index (χ3n) is 6.39. The number of hydrogen-bond donors (Lipinski definition) is 0. The lowest BCUT2D eigenvalue weighted by molar-refractivity contribution is 0.0220. The first-order valence-corrected chi connectivity index (χ1v) is 12.0. The topological polar surface area (TPSA) is 86.3 Å². The van der Waals surface area contributed by atoms with Gasteiger partial charge < -0.3 is 14.2 Å². The monoisotopic (exact) mass is 473 g/mol. The van der Waals surface area contributed by atoms with E-state index in [-0.39, 0.29) is 18.2 Å². The van der Waals surface area contributed by atoms with Crippen molar-refractivity contribution in [3.63, 3.8) is 0 Å². The quantitative estimate of drug-likeness (QED) is 0.351. The Balaban J connectivity index is 1.43. The van der Waals surface area contributed by atoms with Crippen molar-refractivity contribution in [1.29, 1.82) is 0 Å². The Hall–Kier alpha value is -3.68. The lowest BCUT2D eigenvalue weighted by atomic mass is 10.0. The maximum absolute atomic E-state index is 12.7. The summed E-state index contributed by atoms with van der Waals surface area (Å²) in [7, 11) is 1.80. The fourth-order valence-corrected chi connectivity index (χ4v) is 4.75. The molecule has 1 aliphatic rings. The average molecular weight is 474 g/mol. The molecule has 0 spiro atoms. The molecule has 2 heterocycles. The first-order chi connectivity index (χ1) is 16.6. The van der Waals surface area contributed by atoms with Crippen LogP contribution in [0.15, 0.2) is 47.1 Å². The van der Waals surface area contributed by atoms with E-state index < -0.39 is 5.60 Å². The SMILES string of the molecule is CC(C)n1ncc2cc(-c3nc(-c4cccc5c4CCC5N(C)C(=O)OC(C)(C)C)no3)ccc21. The van der Waals surface area contributed by atoms with Crippen LogP contribution in [0.25, 0.3) is 33.7 Å². The summed E-state index contributed by atoms with van der Waals surface area (Å²) in [6, 6.07) is 12.4. The van der Waals surface area contributed by atoms with Crippen LogP contribution < -0.4 is 0 Å². The van der Waals surface area contributed by atoms with Gasteiger partial charge in [-0.25, -0.2) is 4.79 Å². The molecule has 0 fully saturated rings. The molecule has 8 heteroatoms. The molecular weight excluding hydrogens is 442 g/mol. The summed E-state index contributed by atoms with van der Waals surface area (Å²) in [4.78, 5) is 19.1. The van der Waals surface area contributed by atoms with Crippen LogP contribution in [-0.2, 0) is 11.2 Å². The molecule has 8 nitrogen and oxygen atoms in total. The van der Waals surface area contributed by atoms with Gasteiger partial charge in [-0.2, -0.15) is 10.1 Å². The van der Waals surface area contributed by atoms with Crippen LogP contribution in [0.3, 0.4) is 0 Å². The normalized spacial score (nSPS) is 15.6. The molecule has 4 aromatic rings. The Kier molecular flexibility index (Phi) is 5.62. The highest BCUT2D eigenvalue weighted by molar-refractivity contribution is 5.83. The third-order valence-corrected chi connectivity index (χ3v) is 6.39. The van der Waals surface area contributed by atoms with Crippen molar-refractivity contribution in [1.82, 2.24) is 24.8 Å². The molecule has 5 rings (SSSR count). The Morgan fingerprint density at radius 2 is 2.03 bits per heavy atom. The van der Waals surface area contributed by atoms with E-state index in [2.05, 4.69) is 30.2 Å². The molecular formula is C27H31N5O3. The summed E-state index contributed by atoms with van der Waals surface area (Å²) in [5.41, 5.74) is 4.58. The zero-order chi connectivity index (χ0) is 24.9. The lowest BCUT2D eigenvalue weighted by Gasteiger charge is -2.29. The Morgan fingerprint density at radius 1 is 1.23 bits per heavy atom. The van der Waals surface area contributed by atoms with Gasteiger partial charge in [-0.1, -0.05) is 23.4 Å². The molecule has 1 aliphatic carbocycles. The summed E-state index contributed by atoms with van der Waals surface area (Å²) >= 11 is 0. The van der Waals surface area contributed by atoms with Crippen LogP contribution in [0.4, 0.5) is 4.79 Å². The van der Waals surface area contributed by atoms with Crippen molar-refractivity contribution >= 4 is 17.0 Å². The van der Waals surface area contributed by atoms with Crippen LogP contribution in [-0.4, -0.2) is 43.6 Å². The van der Waals surface area contributed by atoms with Gasteiger partial charge in [0.05, 0.1) is 17.8 Å². The number of rotatable bonds is 4. The standard InChI is InChI=1S/C27H31N5O3/c1-16(2)32-22-12-10-17(14-18(22)15-28-32)25-29-24(30-35-25)21-9-7-8-20-19(21)11-13-23(20)31(6)26(33)34-27(3,4)5/h7-10,12,14-16,23H,11,13H2,1-6H3. The molecule has 1 unspecified atom stereocenters. The fourth-order valence-electron chi connectivity index (χ4n) is 4.75.